The van der Waals surface area contributed by atoms with Crippen LogP contribution in [0.1, 0.15) is 51.4 Å². The number of hydrogen-bond acceptors (Lipinski definition) is 2. The van der Waals surface area contributed by atoms with Gasteiger partial charge in [0.05, 0.1) is 11.7 Å². The number of aromatic nitrogens is 2. The molecule has 106 valence electrons. The molecule has 2 aliphatic carbocycles. The van der Waals surface area contributed by atoms with Crippen molar-refractivity contribution in [2.75, 3.05) is 4.90 Å². The zero-order valence-corrected chi connectivity index (χ0v) is 12.0. The maximum absolute atomic E-state index is 4.15. The molecule has 2 aromatic rings. The van der Waals surface area contributed by atoms with Gasteiger partial charge < -0.3 is 4.90 Å². The Bertz CT molecular complexity index is 561. The molecule has 1 aromatic carbocycles. The quantitative estimate of drug-likeness (QED) is 0.903. The van der Waals surface area contributed by atoms with Gasteiger partial charge in [-0.2, -0.15) is 5.10 Å². The summed E-state index contributed by atoms with van der Waals surface area (Å²) >= 11 is 0. The summed E-state index contributed by atoms with van der Waals surface area (Å²) in [5, 5.41) is 8.45. The highest BCUT2D eigenvalue weighted by atomic mass is 15.2. The SMILES string of the molecule is c1cc2[nH]ncc2cc1N(C1CCCC1)C1CCCC1. The van der Waals surface area contributed by atoms with Crippen molar-refractivity contribution in [3.8, 4) is 0 Å². The molecule has 2 saturated carbocycles. The predicted molar refractivity (Wildman–Crippen MR) is 83.1 cm³/mol. The number of aromatic amines is 1. The van der Waals surface area contributed by atoms with Crippen LogP contribution in [0.3, 0.4) is 0 Å². The average molecular weight is 269 g/mol. The van der Waals surface area contributed by atoms with Crippen LogP contribution in [0.2, 0.25) is 0 Å². The summed E-state index contributed by atoms with van der Waals surface area (Å²) < 4.78 is 0. The summed E-state index contributed by atoms with van der Waals surface area (Å²) in [4.78, 5) is 2.76. The Morgan fingerprint density at radius 2 is 1.60 bits per heavy atom. The first kappa shape index (κ1) is 12.2. The number of nitrogens with one attached hydrogen (secondary N) is 1. The van der Waals surface area contributed by atoms with Gasteiger partial charge >= 0.3 is 0 Å². The molecule has 0 amide bonds. The fraction of sp³-hybridized carbons (Fsp3) is 0.588. The third-order valence-electron chi connectivity index (χ3n) is 5.16. The maximum atomic E-state index is 4.15. The molecule has 2 fully saturated rings. The standard InChI is InChI=1S/C17H23N3/c1-2-6-14(5-1)20(15-7-3-4-8-15)16-9-10-17-13(11-16)12-18-19-17/h9-12,14-15H,1-8H2,(H,18,19). The van der Waals surface area contributed by atoms with Gasteiger partial charge in [0, 0.05) is 23.2 Å². The van der Waals surface area contributed by atoms with Crippen LogP contribution in [0.25, 0.3) is 10.9 Å². The second-order valence-electron chi connectivity index (χ2n) is 6.43. The van der Waals surface area contributed by atoms with Gasteiger partial charge in [-0.25, -0.2) is 0 Å². The summed E-state index contributed by atoms with van der Waals surface area (Å²) in [7, 11) is 0. The minimum atomic E-state index is 0.766. The van der Waals surface area contributed by atoms with Crippen molar-refractivity contribution in [1.82, 2.24) is 10.2 Å². The van der Waals surface area contributed by atoms with Crippen molar-refractivity contribution in [2.24, 2.45) is 0 Å². The Labute approximate surface area is 120 Å². The van der Waals surface area contributed by atoms with E-state index in [4.69, 9.17) is 0 Å². The monoisotopic (exact) mass is 269 g/mol. The van der Waals surface area contributed by atoms with Crippen molar-refractivity contribution in [2.45, 2.75) is 63.5 Å². The van der Waals surface area contributed by atoms with Crippen LogP contribution < -0.4 is 4.90 Å². The first-order valence-corrected chi connectivity index (χ1v) is 8.13. The fourth-order valence-electron chi connectivity index (χ4n) is 4.18. The van der Waals surface area contributed by atoms with Crippen molar-refractivity contribution in [1.29, 1.82) is 0 Å². The molecule has 2 aliphatic rings. The van der Waals surface area contributed by atoms with Gasteiger partial charge in [-0.1, -0.05) is 25.7 Å². The van der Waals surface area contributed by atoms with Crippen molar-refractivity contribution in [3.05, 3.63) is 24.4 Å². The highest BCUT2D eigenvalue weighted by molar-refractivity contribution is 5.82. The number of anilines is 1. The van der Waals surface area contributed by atoms with Crippen LogP contribution >= 0.6 is 0 Å². The van der Waals surface area contributed by atoms with Gasteiger partial charge in [0.25, 0.3) is 0 Å². The molecule has 1 heterocycles. The van der Waals surface area contributed by atoms with Gasteiger partial charge in [0.15, 0.2) is 0 Å². The average Bonchev–Trinajstić information content (AvgIpc) is 3.22. The second kappa shape index (κ2) is 5.12. The molecule has 0 spiro atoms. The van der Waals surface area contributed by atoms with Crippen LogP contribution in [0, 0.1) is 0 Å². The van der Waals surface area contributed by atoms with Crippen LogP contribution in [-0.4, -0.2) is 22.3 Å². The minimum absolute atomic E-state index is 0.766. The Hall–Kier alpha value is -1.51. The molecule has 0 atom stereocenters. The van der Waals surface area contributed by atoms with E-state index in [9.17, 15) is 0 Å². The first-order valence-electron chi connectivity index (χ1n) is 8.13. The molecule has 1 aromatic heterocycles. The summed E-state index contributed by atoms with van der Waals surface area (Å²) in [6.45, 7) is 0. The summed E-state index contributed by atoms with van der Waals surface area (Å²) in [5.41, 5.74) is 2.56. The predicted octanol–water partition coefficient (Wildman–Crippen LogP) is 4.25. The van der Waals surface area contributed by atoms with Crippen molar-refractivity contribution >= 4 is 16.6 Å². The van der Waals surface area contributed by atoms with Crippen LogP contribution in [0.5, 0.6) is 0 Å². The van der Waals surface area contributed by atoms with Crippen LogP contribution in [0.4, 0.5) is 5.69 Å². The van der Waals surface area contributed by atoms with Crippen LogP contribution in [-0.2, 0) is 0 Å². The van der Waals surface area contributed by atoms with E-state index in [1.165, 1.54) is 62.4 Å². The van der Waals surface area contributed by atoms with E-state index in [0.717, 1.165) is 17.6 Å². The Balaban J connectivity index is 1.71. The molecule has 0 unspecified atom stereocenters. The Kier molecular flexibility index (Phi) is 3.13. The molecule has 0 bridgehead atoms. The van der Waals surface area contributed by atoms with Crippen molar-refractivity contribution in [3.63, 3.8) is 0 Å². The molecule has 1 N–H and O–H groups in total. The van der Waals surface area contributed by atoms with Gasteiger partial charge in [0.2, 0.25) is 0 Å². The highest BCUT2D eigenvalue weighted by Crippen LogP contribution is 2.36. The number of fused-ring (bicyclic) bond motifs is 1. The number of hydrogen-bond donors (Lipinski definition) is 1. The fourth-order valence-corrected chi connectivity index (χ4v) is 4.18. The summed E-state index contributed by atoms with van der Waals surface area (Å²) in [5.74, 6) is 0. The van der Waals surface area contributed by atoms with Gasteiger partial charge in [0.1, 0.15) is 0 Å². The van der Waals surface area contributed by atoms with Gasteiger partial charge in [-0.05, 0) is 43.9 Å². The van der Waals surface area contributed by atoms with E-state index in [2.05, 4.69) is 33.3 Å². The molecule has 0 saturated heterocycles. The molecule has 20 heavy (non-hydrogen) atoms. The zero-order chi connectivity index (χ0) is 13.4. The van der Waals surface area contributed by atoms with E-state index in [0.29, 0.717) is 0 Å². The number of benzene rings is 1. The second-order valence-corrected chi connectivity index (χ2v) is 6.43. The van der Waals surface area contributed by atoms with E-state index in [1.807, 2.05) is 6.20 Å². The number of rotatable bonds is 3. The van der Waals surface area contributed by atoms with Crippen molar-refractivity contribution < 1.29 is 0 Å². The number of nitrogens with zero attached hydrogens (tertiary/aromatic N) is 2. The lowest BCUT2D eigenvalue weighted by molar-refractivity contribution is 0.514. The molecule has 3 nitrogen and oxygen atoms in total. The lowest BCUT2D eigenvalue weighted by atomic mass is 10.1. The topological polar surface area (TPSA) is 31.9 Å². The van der Waals surface area contributed by atoms with Gasteiger partial charge in [-0.15, -0.1) is 0 Å². The van der Waals surface area contributed by atoms with Crippen LogP contribution in [0.15, 0.2) is 24.4 Å². The molecule has 3 heteroatoms. The highest BCUT2D eigenvalue weighted by Gasteiger charge is 2.30. The Morgan fingerprint density at radius 1 is 0.950 bits per heavy atom. The Morgan fingerprint density at radius 3 is 2.25 bits per heavy atom. The third kappa shape index (κ3) is 2.09. The van der Waals surface area contributed by atoms with E-state index in [-0.39, 0.29) is 0 Å². The molecular formula is C17H23N3. The molecular weight excluding hydrogens is 246 g/mol. The zero-order valence-electron chi connectivity index (χ0n) is 12.0. The minimum Gasteiger partial charge on any atom is -0.366 e. The van der Waals surface area contributed by atoms with E-state index < -0.39 is 0 Å². The summed E-state index contributed by atoms with van der Waals surface area (Å²) in [6, 6.07) is 8.34. The maximum Gasteiger partial charge on any atom is 0.0651 e. The molecule has 4 rings (SSSR count). The molecule has 0 radical (unpaired) electrons. The molecule has 0 aliphatic heterocycles. The number of H-pyrrole nitrogens is 1. The largest absolute Gasteiger partial charge is 0.366 e. The lowest BCUT2D eigenvalue weighted by Gasteiger charge is -2.37. The normalized spacial score (nSPS) is 21.0. The lowest BCUT2D eigenvalue weighted by Crippen LogP contribution is -2.40. The smallest absolute Gasteiger partial charge is 0.0651 e. The van der Waals surface area contributed by atoms with Gasteiger partial charge in [-0.3, -0.25) is 5.10 Å². The third-order valence-corrected chi connectivity index (χ3v) is 5.16. The van der Waals surface area contributed by atoms with E-state index in [1.54, 1.807) is 0 Å². The first-order chi connectivity index (χ1) is 9.92. The summed E-state index contributed by atoms with van der Waals surface area (Å²) in [6.07, 6.45) is 13.1. The van der Waals surface area contributed by atoms with E-state index >= 15 is 0 Å².